The molecule has 0 aliphatic carbocycles. The fraction of sp³-hybridized carbons (Fsp3) is 0.323. The molecule has 1 N–H and O–H groups in total. The van der Waals surface area contributed by atoms with Crippen LogP contribution in [0.2, 0.25) is 0 Å². The first-order chi connectivity index (χ1) is 38.3. The minimum absolute atomic E-state index is 0. The molecular formula is C62H68N3OPt-. The van der Waals surface area contributed by atoms with Crippen molar-refractivity contribution in [2.24, 2.45) is 0 Å². The van der Waals surface area contributed by atoms with Crippen LogP contribution < -0.4 is 0 Å². The maximum Gasteiger partial charge on any atom is 0.148 e. The molecule has 0 spiro atoms. The Morgan fingerprint density at radius 2 is 1.16 bits per heavy atom. The average Bonchev–Trinajstić information content (AvgIpc) is 1.07. The number of hydrogen-bond acceptors (Lipinski definition) is 3. The van der Waals surface area contributed by atoms with Crippen LogP contribution in [0, 0.1) is 6.07 Å². The molecule has 67 heavy (non-hydrogen) atoms. The van der Waals surface area contributed by atoms with Gasteiger partial charge in [-0.15, -0.1) is 29.3 Å². The Kier molecular flexibility index (Phi) is 8.18. The molecule has 0 aliphatic heterocycles. The van der Waals surface area contributed by atoms with Crippen molar-refractivity contribution in [2.75, 3.05) is 0 Å². The molecule has 0 radical (unpaired) electrons. The van der Waals surface area contributed by atoms with E-state index in [0.717, 1.165) is 39.4 Å². The van der Waals surface area contributed by atoms with Crippen LogP contribution in [-0.2, 0) is 48.1 Å². The second kappa shape index (κ2) is 17.8. The first-order valence-electron chi connectivity index (χ1n) is 31.0. The molecule has 0 bridgehead atoms. The Morgan fingerprint density at radius 3 is 1.81 bits per heavy atom. The van der Waals surface area contributed by atoms with Crippen LogP contribution in [0.1, 0.15) is 156 Å². The van der Waals surface area contributed by atoms with E-state index in [4.69, 9.17) is 34.6 Å². The van der Waals surface area contributed by atoms with E-state index in [1.807, 2.05) is 108 Å². The summed E-state index contributed by atoms with van der Waals surface area (Å²) < 4.78 is 160. The van der Waals surface area contributed by atoms with Crippen molar-refractivity contribution in [3.63, 3.8) is 0 Å². The van der Waals surface area contributed by atoms with Crippen LogP contribution in [0.4, 0.5) is 0 Å². The zero-order valence-electron chi connectivity index (χ0n) is 57.3. The Hall–Kier alpha value is -5.57. The Labute approximate surface area is 440 Å². The van der Waals surface area contributed by atoms with Gasteiger partial charge in [-0.1, -0.05) is 199 Å². The van der Waals surface area contributed by atoms with Gasteiger partial charge in [0.25, 0.3) is 0 Å². The Morgan fingerprint density at radius 1 is 0.507 bits per heavy atom. The van der Waals surface area contributed by atoms with Gasteiger partial charge >= 0.3 is 0 Å². The van der Waals surface area contributed by atoms with Crippen LogP contribution in [0.3, 0.4) is 0 Å². The Bertz CT molecular complexity index is 3700. The number of para-hydroxylation sites is 1. The number of hydrogen-bond donors (Lipinski definition) is 1. The fourth-order valence-electron chi connectivity index (χ4n) is 8.43. The topological polar surface area (TPSA) is 50.9 Å². The first-order valence-corrected chi connectivity index (χ1v) is 22.0. The summed E-state index contributed by atoms with van der Waals surface area (Å²) in [6.45, 7) is -5.98. The van der Waals surface area contributed by atoms with Gasteiger partial charge in [-0.05, 0) is 96.4 Å². The van der Waals surface area contributed by atoms with E-state index in [1.165, 1.54) is 10.1 Å². The number of aromatic hydroxyl groups is 1. The van der Waals surface area contributed by atoms with Crippen molar-refractivity contribution in [3.05, 3.63) is 167 Å². The van der Waals surface area contributed by atoms with Gasteiger partial charge in [-0.2, -0.15) is 0 Å². The molecule has 0 saturated carbocycles. The molecule has 6 aromatic carbocycles. The predicted molar refractivity (Wildman–Crippen MR) is 280 cm³/mol. The van der Waals surface area contributed by atoms with E-state index >= 15 is 0 Å². The molecule has 0 atom stereocenters. The van der Waals surface area contributed by atoms with Crippen molar-refractivity contribution >= 4 is 11.0 Å². The van der Waals surface area contributed by atoms with Gasteiger partial charge in [0, 0.05) is 68.9 Å². The van der Waals surface area contributed by atoms with Gasteiger partial charge in [-0.25, -0.2) is 4.98 Å². The maximum absolute atomic E-state index is 13.0. The second-order valence-corrected chi connectivity index (χ2v) is 20.4. The van der Waals surface area contributed by atoms with E-state index in [2.05, 4.69) is 51.1 Å². The summed E-state index contributed by atoms with van der Waals surface area (Å²) in [5.41, 5.74) is -3.53. The van der Waals surface area contributed by atoms with Gasteiger partial charge in [0.15, 0.2) is 0 Å². The van der Waals surface area contributed by atoms with Crippen molar-refractivity contribution < 1.29 is 50.8 Å². The van der Waals surface area contributed by atoms with Gasteiger partial charge in [-0.3, -0.25) is 9.55 Å². The zero-order chi connectivity index (χ0) is 62.7. The average molecular weight is 1080 g/mol. The zero-order valence-corrected chi connectivity index (χ0v) is 41.6. The number of nitrogens with zero attached hydrogens (tertiary/aromatic N) is 3. The van der Waals surface area contributed by atoms with E-state index < -0.39 is 91.0 Å². The molecule has 0 unspecified atom stereocenters. The van der Waals surface area contributed by atoms with Crippen LogP contribution in [0.15, 0.2) is 134 Å². The van der Waals surface area contributed by atoms with Gasteiger partial charge in [0.2, 0.25) is 0 Å². The van der Waals surface area contributed by atoms with Gasteiger partial charge in [0.05, 0.1) is 16.6 Å². The molecule has 0 amide bonds. The van der Waals surface area contributed by atoms with Crippen LogP contribution >= 0.6 is 0 Å². The molecule has 4 nitrogen and oxygen atoms in total. The number of aromatic nitrogens is 3. The van der Waals surface area contributed by atoms with Crippen molar-refractivity contribution in [1.29, 1.82) is 0 Å². The molecule has 0 fully saturated rings. The minimum atomic E-state index is -4.13. The van der Waals surface area contributed by atoms with Crippen LogP contribution in [0.5, 0.6) is 5.75 Å². The third-order valence-electron chi connectivity index (χ3n) is 12.2. The van der Waals surface area contributed by atoms with Crippen LogP contribution in [-0.4, -0.2) is 19.6 Å². The minimum Gasteiger partial charge on any atom is -0.507 e. The fourth-order valence-corrected chi connectivity index (χ4v) is 8.43. The van der Waals surface area contributed by atoms with Crippen molar-refractivity contribution in [3.8, 4) is 67.5 Å². The van der Waals surface area contributed by atoms with E-state index in [0.29, 0.717) is 34.1 Å². The molecule has 2 aromatic heterocycles. The third kappa shape index (κ3) is 10.0. The maximum atomic E-state index is 13.0. The predicted octanol–water partition coefficient (Wildman–Crippen LogP) is 16.7. The summed E-state index contributed by atoms with van der Waals surface area (Å²) in [6, 6.07) is 40.9. The summed E-state index contributed by atoms with van der Waals surface area (Å²) in [6.07, 6.45) is 1.72. The molecule has 8 rings (SSSR count). The van der Waals surface area contributed by atoms with Crippen molar-refractivity contribution in [1.82, 2.24) is 14.5 Å². The summed E-state index contributed by atoms with van der Waals surface area (Å²) in [4.78, 5) is 10.0. The quantitative estimate of drug-likeness (QED) is 0.169. The molecular weight excluding hydrogens is 998 g/mol. The molecule has 8 aromatic rings. The number of fused-ring (bicyclic) bond motifs is 1. The number of phenols is 1. The first kappa shape index (κ1) is 30.7. The largest absolute Gasteiger partial charge is 0.507 e. The normalized spacial score (nSPS) is 17.7. The summed E-state index contributed by atoms with van der Waals surface area (Å²) in [5.74, 6) is -1.76. The van der Waals surface area contributed by atoms with Gasteiger partial charge < -0.3 is 5.11 Å². The molecule has 348 valence electrons. The number of rotatable bonds is 6. The standard InChI is InChI=1S/C62H68N3O.Pt/c1-58(2,3)44-26-24-39(25-27-44)41-30-31-63-53(35-41)43-32-42(33-45(34-43)59(4,5)6)49-22-19-23-54-55(49)64-57(50-36-46(60(7,8)9)37-52(56(50)66)62(13,14)15)65(54)47-28-29-48(40-20-17-16-18-21-40)51(38-47)61(10,11)12;/h16-31,33-38,66H,1-15H3;/q-1;/i7D3,8D3,9D3,13D3,14D3,15D3;. The second-order valence-electron chi connectivity index (χ2n) is 20.4. The van der Waals surface area contributed by atoms with E-state index in [9.17, 15) is 5.11 Å². The number of pyridine rings is 1. The number of imidazole rings is 1. The summed E-state index contributed by atoms with van der Waals surface area (Å²) in [7, 11) is 0. The Balaban J connectivity index is 0.0000104. The SMILES string of the molecule is [2H]C([2H])([2H])C(c1cc(-c2nc3c(-c4[c-]c(-c5cc(-c6ccc(C(C)(C)C)cc6)ccn5)cc(C(C)(C)C)c4)cccc3n2-c2ccc(-c3ccccc3)c(C(C)(C)C)c2)c(O)c(C(C([2H])([2H])[2H])(C([2H])([2H])[2H])C([2H])([2H])[2H])c1)(C([2H])([2H])[2H])C([2H])([2H])[2H].[Pt]. The third-order valence-corrected chi connectivity index (χ3v) is 12.2. The molecule has 2 heterocycles. The smallest absolute Gasteiger partial charge is 0.148 e. The van der Waals surface area contributed by atoms with Crippen molar-refractivity contribution in [2.45, 2.75) is 130 Å². The molecule has 5 heteroatoms. The molecule has 0 aliphatic rings. The summed E-state index contributed by atoms with van der Waals surface area (Å²) in [5, 5.41) is 13.0. The molecule has 0 saturated heterocycles. The van der Waals surface area contributed by atoms with E-state index in [-0.39, 0.29) is 37.5 Å². The number of phenolic OH excluding ortho intramolecular Hbond substituents is 1. The van der Waals surface area contributed by atoms with Crippen LogP contribution in [0.25, 0.3) is 72.7 Å². The number of benzene rings is 6. The monoisotopic (exact) mass is 1080 g/mol. The van der Waals surface area contributed by atoms with E-state index in [1.54, 1.807) is 30.5 Å². The van der Waals surface area contributed by atoms with Gasteiger partial charge in [0.1, 0.15) is 11.6 Å². The summed E-state index contributed by atoms with van der Waals surface area (Å²) >= 11 is 0.